The molecule has 0 bridgehead atoms. The molecule has 18 heavy (non-hydrogen) atoms. The minimum Gasteiger partial charge on any atom is -0.354 e. The van der Waals surface area contributed by atoms with Gasteiger partial charge in [-0.15, -0.1) is 11.3 Å². The Kier molecular flexibility index (Phi) is 5.02. The molecule has 2 rings (SSSR count). The summed E-state index contributed by atoms with van der Waals surface area (Å²) in [5.74, 6) is 0. The van der Waals surface area contributed by atoms with Crippen LogP contribution in [0.25, 0.3) is 0 Å². The Morgan fingerprint density at radius 3 is 2.83 bits per heavy atom. The molecule has 0 aliphatic rings. The number of nitrogens with one attached hydrogen (secondary N) is 1. The van der Waals surface area contributed by atoms with Crippen molar-refractivity contribution in [1.82, 2.24) is 9.88 Å². The van der Waals surface area contributed by atoms with Gasteiger partial charge in [-0.3, -0.25) is 0 Å². The van der Waals surface area contributed by atoms with Crippen molar-refractivity contribution in [2.24, 2.45) is 0 Å². The zero-order valence-corrected chi connectivity index (χ0v) is 12.0. The molecule has 1 atom stereocenters. The van der Waals surface area contributed by atoms with Crippen LogP contribution in [0.3, 0.4) is 0 Å². The van der Waals surface area contributed by atoms with Crippen molar-refractivity contribution in [3.63, 3.8) is 0 Å². The number of nitrogens with zero attached hydrogens (tertiary/aromatic N) is 1. The van der Waals surface area contributed by atoms with Crippen LogP contribution < -0.4 is 5.32 Å². The molecule has 0 aliphatic heterocycles. The molecule has 0 fully saturated rings. The molecule has 1 unspecified atom stereocenters. The number of hydrogen-bond acceptors (Lipinski definition) is 2. The summed E-state index contributed by atoms with van der Waals surface area (Å²) in [6.45, 7) is 6.41. The first-order valence-electron chi connectivity index (χ1n) is 6.75. The van der Waals surface area contributed by atoms with Crippen molar-refractivity contribution in [2.75, 3.05) is 0 Å². The summed E-state index contributed by atoms with van der Waals surface area (Å²) >= 11 is 1.85. The molecule has 2 aromatic heterocycles. The van der Waals surface area contributed by atoms with Crippen LogP contribution in [-0.2, 0) is 13.1 Å². The van der Waals surface area contributed by atoms with Gasteiger partial charge in [0.25, 0.3) is 0 Å². The van der Waals surface area contributed by atoms with Crippen LogP contribution in [-0.4, -0.2) is 4.57 Å². The first kappa shape index (κ1) is 13.4. The Morgan fingerprint density at radius 1 is 1.33 bits per heavy atom. The van der Waals surface area contributed by atoms with Gasteiger partial charge < -0.3 is 9.88 Å². The van der Waals surface area contributed by atoms with Gasteiger partial charge in [0.15, 0.2) is 0 Å². The minimum absolute atomic E-state index is 0.500. The summed E-state index contributed by atoms with van der Waals surface area (Å²) in [7, 11) is 0. The van der Waals surface area contributed by atoms with Crippen molar-refractivity contribution in [2.45, 2.75) is 45.8 Å². The van der Waals surface area contributed by atoms with Gasteiger partial charge in [0.05, 0.1) is 0 Å². The molecule has 2 aromatic rings. The Balaban J connectivity index is 1.93. The highest BCUT2D eigenvalue weighted by Gasteiger charge is 2.10. The van der Waals surface area contributed by atoms with E-state index in [9.17, 15) is 0 Å². The Labute approximate surface area is 114 Å². The predicted octanol–water partition coefficient (Wildman–Crippen LogP) is 4.20. The van der Waals surface area contributed by atoms with E-state index >= 15 is 0 Å². The summed E-state index contributed by atoms with van der Waals surface area (Å²) in [6, 6.07) is 7.07. The number of rotatable bonds is 7. The molecule has 3 heteroatoms. The standard InChI is InChI=1S/C15H22N2S/c1-3-6-14(15-7-5-10-18-15)16-11-13-8-9-17(4-2)12-13/h5,7-10,12,14,16H,3-4,6,11H2,1-2H3. The molecule has 0 saturated carbocycles. The van der Waals surface area contributed by atoms with E-state index in [4.69, 9.17) is 0 Å². The van der Waals surface area contributed by atoms with Gasteiger partial charge in [0.1, 0.15) is 0 Å². The van der Waals surface area contributed by atoms with Crippen LogP contribution in [0, 0.1) is 0 Å². The molecule has 0 spiro atoms. The van der Waals surface area contributed by atoms with Crippen molar-refractivity contribution in [3.05, 3.63) is 46.4 Å². The summed E-state index contributed by atoms with van der Waals surface area (Å²) in [6.07, 6.45) is 6.79. The Morgan fingerprint density at radius 2 is 2.22 bits per heavy atom. The van der Waals surface area contributed by atoms with E-state index in [1.165, 1.54) is 23.3 Å². The largest absolute Gasteiger partial charge is 0.354 e. The van der Waals surface area contributed by atoms with Gasteiger partial charge >= 0.3 is 0 Å². The fourth-order valence-corrected chi connectivity index (χ4v) is 2.99. The van der Waals surface area contributed by atoms with Crippen molar-refractivity contribution in [1.29, 1.82) is 0 Å². The van der Waals surface area contributed by atoms with E-state index in [1.807, 2.05) is 11.3 Å². The van der Waals surface area contributed by atoms with Gasteiger partial charge in [0.2, 0.25) is 0 Å². The topological polar surface area (TPSA) is 17.0 Å². The van der Waals surface area contributed by atoms with Crippen LogP contribution in [0.1, 0.15) is 43.2 Å². The maximum Gasteiger partial charge on any atom is 0.0417 e. The van der Waals surface area contributed by atoms with Crippen LogP contribution >= 0.6 is 11.3 Å². The average molecular weight is 262 g/mol. The van der Waals surface area contributed by atoms with Gasteiger partial charge in [-0.2, -0.15) is 0 Å². The van der Waals surface area contributed by atoms with Crippen molar-refractivity contribution < 1.29 is 0 Å². The molecule has 98 valence electrons. The normalized spacial score (nSPS) is 12.8. The van der Waals surface area contributed by atoms with Gasteiger partial charge in [0, 0.05) is 36.4 Å². The molecule has 2 nitrogen and oxygen atoms in total. The van der Waals surface area contributed by atoms with E-state index in [-0.39, 0.29) is 0 Å². The second kappa shape index (κ2) is 6.76. The monoisotopic (exact) mass is 262 g/mol. The summed E-state index contributed by atoms with van der Waals surface area (Å²) in [5.41, 5.74) is 1.37. The number of thiophene rings is 1. The third-order valence-electron chi connectivity index (χ3n) is 3.19. The number of aryl methyl sites for hydroxylation is 1. The smallest absolute Gasteiger partial charge is 0.0417 e. The van der Waals surface area contributed by atoms with Crippen molar-refractivity contribution >= 4 is 11.3 Å². The third kappa shape index (κ3) is 3.47. The summed E-state index contributed by atoms with van der Waals surface area (Å²) in [4.78, 5) is 1.45. The summed E-state index contributed by atoms with van der Waals surface area (Å²) in [5, 5.41) is 5.83. The van der Waals surface area contributed by atoms with Gasteiger partial charge in [-0.25, -0.2) is 0 Å². The fraction of sp³-hybridized carbons (Fsp3) is 0.467. The Hall–Kier alpha value is -1.06. The van der Waals surface area contributed by atoms with Crippen LogP contribution in [0.2, 0.25) is 0 Å². The lowest BCUT2D eigenvalue weighted by Crippen LogP contribution is -2.19. The highest BCUT2D eigenvalue weighted by Crippen LogP contribution is 2.23. The van der Waals surface area contributed by atoms with E-state index < -0.39 is 0 Å². The second-order valence-corrected chi connectivity index (χ2v) is 5.57. The Bertz CT molecular complexity index is 445. The predicted molar refractivity (Wildman–Crippen MR) is 78.9 cm³/mol. The van der Waals surface area contributed by atoms with E-state index in [0.717, 1.165) is 13.1 Å². The molecule has 0 radical (unpaired) electrons. The van der Waals surface area contributed by atoms with Gasteiger partial charge in [-0.1, -0.05) is 19.4 Å². The van der Waals surface area contributed by atoms with Crippen LogP contribution in [0.5, 0.6) is 0 Å². The molecule has 0 aromatic carbocycles. The lowest BCUT2D eigenvalue weighted by atomic mass is 10.1. The van der Waals surface area contributed by atoms with Crippen LogP contribution in [0.15, 0.2) is 36.0 Å². The lowest BCUT2D eigenvalue weighted by Gasteiger charge is -2.16. The first-order chi connectivity index (χ1) is 8.83. The molecule has 0 saturated heterocycles. The highest BCUT2D eigenvalue weighted by atomic mass is 32.1. The second-order valence-electron chi connectivity index (χ2n) is 4.59. The van der Waals surface area contributed by atoms with Gasteiger partial charge in [-0.05, 0) is 36.4 Å². The zero-order chi connectivity index (χ0) is 12.8. The average Bonchev–Trinajstić information content (AvgIpc) is 3.05. The molecule has 0 aliphatic carbocycles. The molecular weight excluding hydrogens is 240 g/mol. The quantitative estimate of drug-likeness (QED) is 0.791. The molecule has 1 N–H and O–H groups in total. The molecule has 0 amide bonds. The summed E-state index contributed by atoms with van der Waals surface area (Å²) < 4.78 is 2.22. The SMILES string of the molecule is CCCC(NCc1ccn(CC)c1)c1cccs1. The zero-order valence-electron chi connectivity index (χ0n) is 11.2. The van der Waals surface area contributed by atoms with Crippen LogP contribution in [0.4, 0.5) is 0 Å². The number of aromatic nitrogens is 1. The highest BCUT2D eigenvalue weighted by molar-refractivity contribution is 7.10. The maximum absolute atomic E-state index is 3.67. The maximum atomic E-state index is 3.67. The van der Waals surface area contributed by atoms with E-state index in [2.05, 4.69) is 59.7 Å². The number of hydrogen-bond donors (Lipinski definition) is 1. The van der Waals surface area contributed by atoms with Crippen molar-refractivity contribution in [3.8, 4) is 0 Å². The molecule has 2 heterocycles. The van der Waals surface area contributed by atoms with E-state index in [1.54, 1.807) is 0 Å². The first-order valence-corrected chi connectivity index (χ1v) is 7.63. The minimum atomic E-state index is 0.500. The molecular formula is C15H22N2S. The van der Waals surface area contributed by atoms with E-state index in [0.29, 0.717) is 6.04 Å². The lowest BCUT2D eigenvalue weighted by molar-refractivity contribution is 0.500. The third-order valence-corrected chi connectivity index (χ3v) is 4.18. The fourth-order valence-electron chi connectivity index (χ4n) is 2.16.